The van der Waals surface area contributed by atoms with Gasteiger partial charge in [0.15, 0.2) is 0 Å². The fourth-order valence-electron chi connectivity index (χ4n) is 1.93. The van der Waals surface area contributed by atoms with E-state index in [4.69, 9.17) is 11.6 Å². The molecule has 7 heteroatoms. The number of anilines is 1. The first kappa shape index (κ1) is 12.0. The molecule has 92 valence electrons. The van der Waals surface area contributed by atoms with Gasteiger partial charge >= 0.3 is 5.69 Å². The van der Waals surface area contributed by atoms with Crippen LogP contribution in [-0.2, 0) is 0 Å². The van der Waals surface area contributed by atoms with Gasteiger partial charge < -0.3 is 4.90 Å². The molecule has 0 atom stereocenters. The van der Waals surface area contributed by atoms with Gasteiger partial charge in [-0.1, -0.05) is 0 Å². The third-order valence-electron chi connectivity index (χ3n) is 3.15. The summed E-state index contributed by atoms with van der Waals surface area (Å²) in [6.45, 7) is 1.57. The molecule has 1 aromatic heterocycles. The fourth-order valence-corrected chi connectivity index (χ4v) is 2.13. The van der Waals surface area contributed by atoms with Gasteiger partial charge in [0.1, 0.15) is 5.69 Å². The van der Waals surface area contributed by atoms with Crippen LogP contribution < -0.4 is 4.90 Å². The minimum absolute atomic E-state index is 0.0503. The molecule has 1 heterocycles. The predicted octanol–water partition coefficient (Wildman–Crippen LogP) is 2.34. The number of nitrogens with zero attached hydrogens (tertiary/aromatic N) is 4. The van der Waals surface area contributed by atoms with Gasteiger partial charge in [-0.3, -0.25) is 10.1 Å². The van der Waals surface area contributed by atoms with Crippen LogP contribution in [-0.4, -0.2) is 28.0 Å². The highest BCUT2D eigenvalue weighted by atomic mass is 35.5. The summed E-state index contributed by atoms with van der Waals surface area (Å²) in [4.78, 5) is 20.3. The number of aryl methyl sites for hydroxylation is 1. The minimum Gasteiger partial charge on any atom is -0.351 e. The molecule has 0 amide bonds. The molecule has 1 saturated carbocycles. The van der Waals surface area contributed by atoms with Crippen molar-refractivity contribution in [2.45, 2.75) is 32.2 Å². The molecular weight excluding hydrogens is 244 g/mol. The lowest BCUT2D eigenvalue weighted by atomic mass is 9.92. The number of aromatic nitrogens is 2. The van der Waals surface area contributed by atoms with Gasteiger partial charge in [-0.15, -0.1) is 0 Å². The fraction of sp³-hybridized carbons (Fsp3) is 0.600. The normalized spacial score (nSPS) is 15.5. The Morgan fingerprint density at radius 3 is 2.59 bits per heavy atom. The maximum Gasteiger partial charge on any atom is 0.332 e. The van der Waals surface area contributed by atoms with Crippen molar-refractivity contribution in [1.82, 2.24) is 9.97 Å². The second kappa shape index (κ2) is 4.44. The van der Waals surface area contributed by atoms with Crippen LogP contribution in [0.5, 0.6) is 0 Å². The van der Waals surface area contributed by atoms with E-state index in [2.05, 4.69) is 9.97 Å². The van der Waals surface area contributed by atoms with Gasteiger partial charge in [-0.2, -0.15) is 4.98 Å². The lowest BCUT2D eigenvalue weighted by Crippen LogP contribution is -2.38. The van der Waals surface area contributed by atoms with Crippen molar-refractivity contribution in [1.29, 1.82) is 0 Å². The molecule has 2 rings (SSSR count). The van der Waals surface area contributed by atoms with E-state index in [0.29, 0.717) is 17.6 Å². The Balaban J connectivity index is 2.46. The van der Waals surface area contributed by atoms with Crippen LogP contribution in [0.15, 0.2) is 0 Å². The van der Waals surface area contributed by atoms with Crippen molar-refractivity contribution in [3.63, 3.8) is 0 Å². The van der Waals surface area contributed by atoms with Crippen LogP contribution in [0.1, 0.15) is 25.0 Å². The first-order valence-electron chi connectivity index (χ1n) is 5.42. The number of hydrogen-bond acceptors (Lipinski definition) is 5. The van der Waals surface area contributed by atoms with E-state index in [1.165, 1.54) is 0 Å². The predicted molar refractivity (Wildman–Crippen MR) is 64.5 cm³/mol. The minimum atomic E-state index is -0.448. The summed E-state index contributed by atoms with van der Waals surface area (Å²) < 4.78 is 0. The quantitative estimate of drug-likeness (QED) is 0.471. The monoisotopic (exact) mass is 256 g/mol. The van der Waals surface area contributed by atoms with E-state index in [-0.39, 0.29) is 11.0 Å². The van der Waals surface area contributed by atoms with Gasteiger partial charge in [0.05, 0.1) is 4.92 Å². The molecular formula is C10H13ClN4O2. The lowest BCUT2D eigenvalue weighted by Gasteiger charge is -2.35. The Bertz CT molecular complexity index is 462. The average Bonchev–Trinajstić information content (AvgIpc) is 2.12. The molecule has 0 radical (unpaired) electrons. The van der Waals surface area contributed by atoms with Crippen LogP contribution in [0.4, 0.5) is 11.5 Å². The Morgan fingerprint density at radius 2 is 2.12 bits per heavy atom. The number of hydrogen-bond donors (Lipinski definition) is 0. The molecule has 1 aromatic rings. The van der Waals surface area contributed by atoms with Crippen LogP contribution in [0, 0.1) is 17.0 Å². The van der Waals surface area contributed by atoms with Crippen LogP contribution in [0.25, 0.3) is 0 Å². The summed E-state index contributed by atoms with van der Waals surface area (Å²) in [5.41, 5.74) is 0.250. The third kappa shape index (κ3) is 2.17. The largest absolute Gasteiger partial charge is 0.351 e. The van der Waals surface area contributed by atoms with Crippen LogP contribution in [0.3, 0.4) is 0 Å². The zero-order chi connectivity index (χ0) is 12.6. The summed E-state index contributed by atoms with van der Waals surface area (Å²) in [7, 11) is 1.81. The van der Waals surface area contributed by atoms with E-state index < -0.39 is 4.92 Å². The van der Waals surface area contributed by atoms with Gasteiger partial charge in [0.25, 0.3) is 0 Å². The molecule has 0 bridgehead atoms. The molecule has 0 aliphatic heterocycles. The van der Waals surface area contributed by atoms with Gasteiger partial charge in [0, 0.05) is 13.1 Å². The van der Waals surface area contributed by atoms with E-state index in [1.54, 1.807) is 6.92 Å². The highest BCUT2D eigenvalue weighted by Crippen LogP contribution is 2.34. The topological polar surface area (TPSA) is 72.2 Å². The van der Waals surface area contributed by atoms with E-state index in [1.807, 2.05) is 11.9 Å². The molecule has 17 heavy (non-hydrogen) atoms. The Hall–Kier alpha value is -1.43. The second-order valence-electron chi connectivity index (χ2n) is 4.20. The average molecular weight is 257 g/mol. The van der Waals surface area contributed by atoms with E-state index >= 15 is 0 Å². The number of halogens is 1. The van der Waals surface area contributed by atoms with E-state index in [9.17, 15) is 10.1 Å². The molecule has 0 N–H and O–H groups in total. The SMILES string of the molecule is Cc1nc(Cl)nc(N(C)C2CCC2)c1[N+](=O)[O-]. The maximum absolute atomic E-state index is 11.0. The summed E-state index contributed by atoms with van der Waals surface area (Å²) in [5, 5.41) is 11.1. The van der Waals surface area contributed by atoms with Gasteiger partial charge in [0.2, 0.25) is 11.1 Å². The van der Waals surface area contributed by atoms with Crippen molar-refractivity contribution < 1.29 is 4.92 Å². The van der Waals surface area contributed by atoms with Crippen molar-refractivity contribution >= 4 is 23.1 Å². The van der Waals surface area contributed by atoms with Crippen LogP contribution >= 0.6 is 11.6 Å². The molecule has 0 unspecified atom stereocenters. The molecule has 6 nitrogen and oxygen atoms in total. The first-order chi connectivity index (χ1) is 8.00. The smallest absolute Gasteiger partial charge is 0.332 e. The van der Waals surface area contributed by atoms with E-state index in [0.717, 1.165) is 19.3 Å². The summed E-state index contributed by atoms with van der Waals surface area (Å²) in [6.07, 6.45) is 3.23. The highest BCUT2D eigenvalue weighted by molar-refractivity contribution is 6.28. The molecule has 0 aromatic carbocycles. The van der Waals surface area contributed by atoms with Gasteiger partial charge in [-0.25, -0.2) is 4.98 Å². The van der Waals surface area contributed by atoms with Crippen molar-refractivity contribution in [3.8, 4) is 0 Å². The molecule has 0 spiro atoms. The zero-order valence-corrected chi connectivity index (χ0v) is 10.4. The Kier molecular flexibility index (Phi) is 3.15. The number of nitro groups is 1. The van der Waals surface area contributed by atoms with Gasteiger partial charge in [-0.05, 0) is 37.8 Å². The summed E-state index contributed by atoms with van der Waals surface area (Å²) >= 11 is 5.77. The molecule has 1 aliphatic rings. The molecule has 0 saturated heterocycles. The van der Waals surface area contributed by atoms with Crippen LogP contribution in [0.2, 0.25) is 5.28 Å². The summed E-state index contributed by atoms with van der Waals surface area (Å²) in [6, 6.07) is 0.319. The molecule has 1 fully saturated rings. The zero-order valence-electron chi connectivity index (χ0n) is 9.68. The molecule has 1 aliphatic carbocycles. The second-order valence-corrected chi connectivity index (χ2v) is 4.54. The summed E-state index contributed by atoms with van der Waals surface area (Å²) in [5.74, 6) is 0.317. The van der Waals surface area contributed by atoms with Crippen molar-refractivity contribution in [3.05, 3.63) is 21.1 Å². The first-order valence-corrected chi connectivity index (χ1v) is 5.80. The van der Waals surface area contributed by atoms with Crippen molar-refractivity contribution in [2.24, 2.45) is 0 Å². The Morgan fingerprint density at radius 1 is 1.47 bits per heavy atom. The Labute approximate surface area is 104 Å². The van der Waals surface area contributed by atoms with Crippen molar-refractivity contribution in [2.75, 3.05) is 11.9 Å². The lowest BCUT2D eigenvalue weighted by molar-refractivity contribution is -0.385. The maximum atomic E-state index is 11.0. The standard InChI is InChI=1S/C10H13ClN4O2/c1-6-8(15(16)17)9(13-10(11)12-6)14(2)7-4-3-5-7/h7H,3-5H2,1-2H3. The third-order valence-corrected chi connectivity index (χ3v) is 3.32. The number of rotatable bonds is 3. The highest BCUT2D eigenvalue weighted by Gasteiger charge is 2.30.